The first-order valence-electron chi connectivity index (χ1n) is 9.61. The lowest BCUT2D eigenvalue weighted by Crippen LogP contribution is -2.27. The Hall–Kier alpha value is -2.82. The van der Waals surface area contributed by atoms with Crippen LogP contribution in [-0.4, -0.2) is 36.4 Å². The third kappa shape index (κ3) is 5.09. The number of anilines is 1. The van der Waals surface area contributed by atoms with E-state index in [9.17, 15) is 9.59 Å². The number of carbonyl (C=O) groups is 2. The summed E-state index contributed by atoms with van der Waals surface area (Å²) in [6.45, 7) is 4.41. The summed E-state index contributed by atoms with van der Waals surface area (Å²) in [5.74, 6) is 0.555. The van der Waals surface area contributed by atoms with Crippen molar-refractivity contribution in [3.05, 3.63) is 59.7 Å². The van der Waals surface area contributed by atoms with Gasteiger partial charge in [-0.2, -0.15) is 0 Å². The normalized spacial score (nSPS) is 13.4. The van der Waals surface area contributed by atoms with Gasteiger partial charge in [-0.25, -0.2) is 0 Å². The lowest BCUT2D eigenvalue weighted by atomic mass is 10.1. The van der Waals surface area contributed by atoms with Gasteiger partial charge in [0.15, 0.2) is 0 Å². The van der Waals surface area contributed by atoms with Gasteiger partial charge in [0.05, 0.1) is 6.61 Å². The van der Waals surface area contributed by atoms with Crippen LogP contribution in [0.15, 0.2) is 48.5 Å². The molecular formula is C22H26N2O3. The number of likely N-dealkylation sites (tertiary alicyclic amines) is 1. The van der Waals surface area contributed by atoms with Gasteiger partial charge in [-0.3, -0.25) is 9.59 Å². The molecule has 2 aromatic carbocycles. The number of unbranched alkanes of at least 4 members (excludes halogenated alkanes) is 1. The minimum atomic E-state index is -0.199. The van der Waals surface area contributed by atoms with Crippen LogP contribution in [0.2, 0.25) is 0 Å². The van der Waals surface area contributed by atoms with E-state index < -0.39 is 0 Å². The van der Waals surface area contributed by atoms with Gasteiger partial charge in [-0.05, 0) is 61.7 Å². The van der Waals surface area contributed by atoms with Crippen LogP contribution in [-0.2, 0) is 0 Å². The van der Waals surface area contributed by atoms with Crippen LogP contribution >= 0.6 is 0 Å². The zero-order chi connectivity index (χ0) is 19.1. The minimum Gasteiger partial charge on any atom is -0.494 e. The molecule has 2 aromatic rings. The maximum Gasteiger partial charge on any atom is 0.255 e. The van der Waals surface area contributed by atoms with Crippen molar-refractivity contribution in [2.75, 3.05) is 25.0 Å². The molecule has 1 fully saturated rings. The number of rotatable bonds is 7. The van der Waals surface area contributed by atoms with Crippen LogP contribution in [0.25, 0.3) is 0 Å². The van der Waals surface area contributed by atoms with Gasteiger partial charge >= 0.3 is 0 Å². The topological polar surface area (TPSA) is 58.6 Å². The molecule has 0 aliphatic carbocycles. The number of nitrogens with zero attached hydrogens (tertiary/aromatic N) is 1. The molecule has 0 unspecified atom stereocenters. The van der Waals surface area contributed by atoms with Crippen LogP contribution in [0.4, 0.5) is 5.69 Å². The van der Waals surface area contributed by atoms with Crippen molar-refractivity contribution in [2.45, 2.75) is 32.6 Å². The van der Waals surface area contributed by atoms with E-state index in [-0.39, 0.29) is 11.8 Å². The Morgan fingerprint density at radius 2 is 1.78 bits per heavy atom. The van der Waals surface area contributed by atoms with Gasteiger partial charge in [0.1, 0.15) is 5.75 Å². The molecule has 1 heterocycles. The highest BCUT2D eigenvalue weighted by Crippen LogP contribution is 2.18. The lowest BCUT2D eigenvalue weighted by Gasteiger charge is -2.15. The second-order valence-electron chi connectivity index (χ2n) is 6.76. The molecule has 142 valence electrons. The first kappa shape index (κ1) is 19.0. The van der Waals surface area contributed by atoms with E-state index in [1.807, 2.05) is 17.0 Å². The molecule has 0 atom stereocenters. The van der Waals surface area contributed by atoms with Gasteiger partial charge in [-0.15, -0.1) is 0 Å². The van der Waals surface area contributed by atoms with Crippen molar-refractivity contribution >= 4 is 17.5 Å². The van der Waals surface area contributed by atoms with E-state index >= 15 is 0 Å². The first-order valence-corrected chi connectivity index (χ1v) is 9.61. The molecule has 0 bridgehead atoms. The summed E-state index contributed by atoms with van der Waals surface area (Å²) >= 11 is 0. The lowest BCUT2D eigenvalue weighted by molar-refractivity contribution is 0.0792. The maximum absolute atomic E-state index is 12.5. The molecule has 3 rings (SSSR count). The average molecular weight is 366 g/mol. The molecule has 1 saturated heterocycles. The Morgan fingerprint density at radius 3 is 2.48 bits per heavy atom. The van der Waals surface area contributed by atoms with Crippen molar-refractivity contribution in [3.63, 3.8) is 0 Å². The molecule has 0 saturated carbocycles. The number of amides is 2. The molecule has 27 heavy (non-hydrogen) atoms. The highest BCUT2D eigenvalue weighted by Gasteiger charge is 2.19. The van der Waals surface area contributed by atoms with E-state index in [1.54, 1.807) is 36.4 Å². The van der Waals surface area contributed by atoms with Crippen molar-refractivity contribution < 1.29 is 14.3 Å². The van der Waals surface area contributed by atoms with E-state index in [4.69, 9.17) is 4.74 Å². The van der Waals surface area contributed by atoms with Crippen molar-refractivity contribution in [2.24, 2.45) is 0 Å². The van der Waals surface area contributed by atoms with E-state index in [2.05, 4.69) is 12.2 Å². The van der Waals surface area contributed by atoms with Gasteiger partial charge in [0.2, 0.25) is 0 Å². The highest BCUT2D eigenvalue weighted by molar-refractivity contribution is 6.04. The number of hydrogen-bond acceptors (Lipinski definition) is 3. The summed E-state index contributed by atoms with van der Waals surface area (Å²) in [6, 6.07) is 14.2. The number of ether oxygens (including phenoxy) is 1. The largest absolute Gasteiger partial charge is 0.494 e. The van der Waals surface area contributed by atoms with Crippen LogP contribution in [0.3, 0.4) is 0 Å². The molecule has 1 aliphatic heterocycles. The fraction of sp³-hybridized carbons (Fsp3) is 0.364. The van der Waals surface area contributed by atoms with Crippen LogP contribution in [0, 0.1) is 0 Å². The average Bonchev–Trinajstić information content (AvgIpc) is 3.23. The monoisotopic (exact) mass is 366 g/mol. The fourth-order valence-electron chi connectivity index (χ4n) is 3.06. The number of hydrogen-bond donors (Lipinski definition) is 1. The zero-order valence-corrected chi connectivity index (χ0v) is 15.7. The fourth-order valence-corrected chi connectivity index (χ4v) is 3.06. The molecule has 5 nitrogen and oxygen atoms in total. The van der Waals surface area contributed by atoms with Gasteiger partial charge in [-0.1, -0.05) is 19.4 Å². The Labute approximate surface area is 160 Å². The minimum absolute atomic E-state index is 0.0577. The standard InChI is InChI=1S/C22H26N2O3/c1-2-3-15-27-20-8-6-7-18(16-20)21(25)23-19-11-9-17(10-12-19)22(26)24-13-4-5-14-24/h6-12,16H,2-5,13-15H2,1H3,(H,23,25). The molecule has 0 spiro atoms. The molecule has 0 aromatic heterocycles. The van der Waals surface area contributed by atoms with E-state index in [0.717, 1.165) is 38.8 Å². The van der Waals surface area contributed by atoms with Crippen molar-refractivity contribution in [1.29, 1.82) is 0 Å². The Bertz CT molecular complexity index is 780. The quantitative estimate of drug-likeness (QED) is 0.741. The predicted octanol–water partition coefficient (Wildman–Crippen LogP) is 4.35. The third-order valence-corrected chi connectivity index (χ3v) is 4.65. The summed E-state index contributed by atoms with van der Waals surface area (Å²) in [5.41, 5.74) is 1.86. The van der Waals surface area contributed by atoms with Crippen LogP contribution in [0.1, 0.15) is 53.3 Å². The summed E-state index contributed by atoms with van der Waals surface area (Å²) < 4.78 is 5.66. The number of nitrogens with one attached hydrogen (secondary N) is 1. The Kier molecular flexibility index (Phi) is 6.47. The molecule has 0 radical (unpaired) electrons. The summed E-state index contributed by atoms with van der Waals surface area (Å²) in [4.78, 5) is 26.7. The predicted molar refractivity (Wildman–Crippen MR) is 106 cm³/mol. The maximum atomic E-state index is 12.5. The van der Waals surface area contributed by atoms with Crippen LogP contribution < -0.4 is 10.1 Å². The Balaban J connectivity index is 1.60. The molecular weight excluding hydrogens is 340 g/mol. The zero-order valence-electron chi connectivity index (χ0n) is 15.7. The second kappa shape index (κ2) is 9.21. The molecule has 1 N–H and O–H groups in total. The number of benzene rings is 2. The van der Waals surface area contributed by atoms with Gasteiger partial charge < -0.3 is 15.0 Å². The third-order valence-electron chi connectivity index (χ3n) is 4.65. The van der Waals surface area contributed by atoms with Crippen molar-refractivity contribution in [1.82, 2.24) is 4.90 Å². The van der Waals surface area contributed by atoms with E-state index in [1.165, 1.54) is 0 Å². The number of carbonyl (C=O) groups excluding carboxylic acids is 2. The van der Waals surface area contributed by atoms with Gasteiger partial charge in [0.25, 0.3) is 11.8 Å². The summed E-state index contributed by atoms with van der Waals surface area (Å²) in [5, 5.41) is 2.87. The smallest absolute Gasteiger partial charge is 0.255 e. The molecule has 5 heteroatoms. The molecule has 2 amide bonds. The van der Waals surface area contributed by atoms with Crippen molar-refractivity contribution in [3.8, 4) is 5.75 Å². The summed E-state index contributed by atoms with van der Waals surface area (Å²) in [7, 11) is 0. The van der Waals surface area contributed by atoms with E-state index in [0.29, 0.717) is 29.2 Å². The second-order valence-corrected chi connectivity index (χ2v) is 6.76. The highest BCUT2D eigenvalue weighted by atomic mass is 16.5. The Morgan fingerprint density at radius 1 is 1.04 bits per heavy atom. The van der Waals surface area contributed by atoms with Crippen LogP contribution in [0.5, 0.6) is 5.75 Å². The first-order chi connectivity index (χ1) is 13.2. The van der Waals surface area contributed by atoms with Gasteiger partial charge in [0, 0.05) is 29.9 Å². The summed E-state index contributed by atoms with van der Waals surface area (Å²) in [6.07, 6.45) is 4.19. The SMILES string of the molecule is CCCCOc1cccc(C(=O)Nc2ccc(C(=O)N3CCCC3)cc2)c1. The molecule has 1 aliphatic rings.